The highest BCUT2D eigenvalue weighted by molar-refractivity contribution is 6.18. The van der Waals surface area contributed by atoms with E-state index in [9.17, 15) is 4.79 Å². The number of hydrogen-bond acceptors (Lipinski definition) is 4. The van der Waals surface area contributed by atoms with Crippen LogP contribution in [0.2, 0.25) is 0 Å². The van der Waals surface area contributed by atoms with Gasteiger partial charge in [-0.05, 0) is 47.2 Å². The smallest absolute Gasteiger partial charge is 0.272 e. The highest BCUT2D eigenvalue weighted by Crippen LogP contribution is 2.24. The van der Waals surface area contributed by atoms with Crippen molar-refractivity contribution >= 4 is 17.7 Å². The molecule has 24 heavy (non-hydrogen) atoms. The number of aromatic nitrogens is 4. The molecule has 0 N–H and O–H groups in total. The van der Waals surface area contributed by atoms with Crippen molar-refractivity contribution in [2.45, 2.75) is 27.2 Å². The molecule has 2 aromatic rings. The number of piperidine rings is 1. The Morgan fingerprint density at radius 3 is 2.42 bits per heavy atom. The normalized spacial score (nSPS) is 21.8. The van der Waals surface area contributed by atoms with E-state index < -0.39 is 0 Å². The molecule has 0 saturated carbocycles. The number of benzene rings is 1. The van der Waals surface area contributed by atoms with Crippen LogP contribution in [-0.2, 0) is 4.79 Å². The molecule has 1 aliphatic heterocycles. The van der Waals surface area contributed by atoms with E-state index in [4.69, 9.17) is 0 Å². The highest BCUT2D eigenvalue weighted by atomic mass is 16.2. The molecule has 2 heterocycles. The third kappa shape index (κ3) is 3.53. The van der Waals surface area contributed by atoms with Crippen LogP contribution in [0.25, 0.3) is 11.8 Å². The largest absolute Gasteiger partial charge is 0.337 e. The van der Waals surface area contributed by atoms with E-state index in [-0.39, 0.29) is 5.91 Å². The SMILES string of the molecule is Cc1nnnn1/C(=C\c1ccccc1)C(=O)N1C[C@H](C)C[C@H](C)C1. The molecular weight excluding hydrogens is 302 g/mol. The van der Waals surface area contributed by atoms with E-state index in [0.29, 0.717) is 23.4 Å². The lowest BCUT2D eigenvalue weighted by molar-refractivity contribution is -0.128. The second kappa shape index (κ2) is 6.95. The van der Waals surface area contributed by atoms with E-state index in [1.54, 1.807) is 6.92 Å². The molecule has 2 atom stereocenters. The zero-order valence-electron chi connectivity index (χ0n) is 14.4. The van der Waals surface area contributed by atoms with Crippen LogP contribution in [0.1, 0.15) is 31.7 Å². The summed E-state index contributed by atoms with van der Waals surface area (Å²) in [6.07, 6.45) is 3.01. The maximum Gasteiger partial charge on any atom is 0.272 e. The van der Waals surface area contributed by atoms with E-state index in [1.165, 1.54) is 4.68 Å². The van der Waals surface area contributed by atoms with Crippen LogP contribution in [0.3, 0.4) is 0 Å². The average molecular weight is 325 g/mol. The van der Waals surface area contributed by atoms with Gasteiger partial charge in [-0.25, -0.2) is 0 Å². The summed E-state index contributed by atoms with van der Waals surface area (Å²) in [5, 5.41) is 11.6. The van der Waals surface area contributed by atoms with E-state index in [2.05, 4.69) is 29.4 Å². The Labute approximate surface area is 142 Å². The standard InChI is InChI=1S/C18H23N5O/c1-13-9-14(2)12-22(11-13)18(24)17(23-15(3)19-20-21-23)10-16-7-5-4-6-8-16/h4-8,10,13-14H,9,11-12H2,1-3H3/b17-10-/t13-,14+. The predicted octanol–water partition coefficient (Wildman–Crippen LogP) is 2.48. The van der Waals surface area contributed by atoms with E-state index >= 15 is 0 Å². The molecule has 1 amide bonds. The van der Waals surface area contributed by atoms with Crippen molar-refractivity contribution in [3.63, 3.8) is 0 Å². The number of aryl methyl sites for hydroxylation is 1. The second-order valence-corrected chi connectivity index (χ2v) is 6.73. The minimum atomic E-state index is -0.0207. The Hall–Kier alpha value is -2.50. The van der Waals surface area contributed by atoms with Gasteiger partial charge < -0.3 is 4.90 Å². The lowest BCUT2D eigenvalue weighted by Crippen LogP contribution is -2.43. The van der Waals surface area contributed by atoms with Gasteiger partial charge >= 0.3 is 0 Å². The van der Waals surface area contributed by atoms with Crippen molar-refractivity contribution in [2.24, 2.45) is 11.8 Å². The number of nitrogens with zero attached hydrogens (tertiary/aromatic N) is 5. The molecule has 1 aliphatic rings. The van der Waals surface area contributed by atoms with Crippen LogP contribution < -0.4 is 0 Å². The number of hydrogen-bond donors (Lipinski definition) is 0. The van der Waals surface area contributed by atoms with Crippen molar-refractivity contribution in [1.29, 1.82) is 0 Å². The van der Waals surface area contributed by atoms with E-state index in [1.807, 2.05) is 41.3 Å². The number of carbonyl (C=O) groups is 1. The number of amides is 1. The molecular formula is C18H23N5O. The van der Waals surface area contributed by atoms with Gasteiger partial charge in [0.25, 0.3) is 5.91 Å². The first-order valence-corrected chi connectivity index (χ1v) is 8.36. The Morgan fingerprint density at radius 2 is 1.83 bits per heavy atom. The molecule has 0 spiro atoms. The Balaban J connectivity index is 1.97. The first-order chi connectivity index (χ1) is 11.5. The van der Waals surface area contributed by atoms with Crippen molar-refractivity contribution in [1.82, 2.24) is 25.1 Å². The van der Waals surface area contributed by atoms with Gasteiger partial charge in [-0.1, -0.05) is 44.2 Å². The fourth-order valence-electron chi connectivity index (χ4n) is 3.37. The molecule has 1 aromatic carbocycles. The molecule has 1 fully saturated rings. The molecule has 0 unspecified atom stereocenters. The van der Waals surface area contributed by atoms with Gasteiger partial charge in [0.15, 0.2) is 5.82 Å². The zero-order valence-corrected chi connectivity index (χ0v) is 14.4. The molecule has 6 nitrogen and oxygen atoms in total. The zero-order chi connectivity index (χ0) is 17.1. The molecule has 1 aromatic heterocycles. The van der Waals surface area contributed by atoms with Crippen LogP contribution in [0.5, 0.6) is 0 Å². The summed E-state index contributed by atoms with van der Waals surface area (Å²) in [5.41, 5.74) is 1.44. The Morgan fingerprint density at radius 1 is 1.17 bits per heavy atom. The number of likely N-dealkylation sites (tertiary alicyclic amines) is 1. The van der Waals surface area contributed by atoms with Crippen molar-refractivity contribution < 1.29 is 4.79 Å². The van der Waals surface area contributed by atoms with E-state index in [0.717, 1.165) is 25.1 Å². The summed E-state index contributed by atoms with van der Waals surface area (Å²) in [6.45, 7) is 7.73. The quantitative estimate of drug-likeness (QED) is 0.813. The maximum absolute atomic E-state index is 13.2. The highest BCUT2D eigenvalue weighted by Gasteiger charge is 2.29. The molecule has 1 saturated heterocycles. The fourth-order valence-corrected chi connectivity index (χ4v) is 3.37. The fraction of sp³-hybridized carbons (Fsp3) is 0.444. The van der Waals surface area contributed by atoms with Crippen LogP contribution in [-0.4, -0.2) is 44.1 Å². The first kappa shape index (κ1) is 16.4. The van der Waals surface area contributed by atoms with Gasteiger partial charge in [0, 0.05) is 13.1 Å². The summed E-state index contributed by atoms with van der Waals surface area (Å²) in [4.78, 5) is 15.1. The van der Waals surface area contributed by atoms with Crippen molar-refractivity contribution in [2.75, 3.05) is 13.1 Å². The van der Waals surface area contributed by atoms with Gasteiger partial charge in [0.2, 0.25) is 0 Å². The maximum atomic E-state index is 13.2. The van der Waals surface area contributed by atoms with Crippen LogP contribution in [0.4, 0.5) is 0 Å². The number of carbonyl (C=O) groups excluding carboxylic acids is 1. The minimum absolute atomic E-state index is 0.0207. The van der Waals surface area contributed by atoms with Crippen LogP contribution in [0.15, 0.2) is 30.3 Å². The Bertz CT molecular complexity index is 727. The summed E-state index contributed by atoms with van der Waals surface area (Å²) in [6, 6.07) is 9.79. The van der Waals surface area contributed by atoms with Crippen LogP contribution in [0, 0.1) is 18.8 Å². The summed E-state index contributed by atoms with van der Waals surface area (Å²) in [5.74, 6) is 1.59. The van der Waals surface area contributed by atoms with Gasteiger partial charge in [-0.3, -0.25) is 4.79 Å². The molecule has 0 radical (unpaired) electrons. The second-order valence-electron chi connectivity index (χ2n) is 6.73. The van der Waals surface area contributed by atoms with Gasteiger partial charge in [0.05, 0.1) is 0 Å². The van der Waals surface area contributed by atoms with Gasteiger partial charge in [0.1, 0.15) is 5.70 Å². The molecule has 0 aliphatic carbocycles. The number of tetrazole rings is 1. The van der Waals surface area contributed by atoms with Crippen molar-refractivity contribution in [3.8, 4) is 0 Å². The predicted molar refractivity (Wildman–Crippen MR) is 92.7 cm³/mol. The Kier molecular flexibility index (Phi) is 4.74. The summed E-state index contributed by atoms with van der Waals surface area (Å²) < 4.78 is 1.53. The minimum Gasteiger partial charge on any atom is -0.337 e. The van der Waals surface area contributed by atoms with Gasteiger partial charge in [-0.2, -0.15) is 4.68 Å². The third-order valence-electron chi connectivity index (χ3n) is 4.33. The number of rotatable bonds is 3. The summed E-state index contributed by atoms with van der Waals surface area (Å²) in [7, 11) is 0. The molecule has 3 rings (SSSR count). The monoisotopic (exact) mass is 325 g/mol. The van der Waals surface area contributed by atoms with Crippen LogP contribution >= 0.6 is 0 Å². The van der Waals surface area contributed by atoms with Gasteiger partial charge in [-0.15, -0.1) is 5.10 Å². The lowest BCUT2D eigenvalue weighted by Gasteiger charge is -2.35. The third-order valence-corrected chi connectivity index (χ3v) is 4.33. The summed E-state index contributed by atoms with van der Waals surface area (Å²) >= 11 is 0. The molecule has 0 bridgehead atoms. The molecule has 126 valence electrons. The van der Waals surface area contributed by atoms with Crippen molar-refractivity contribution in [3.05, 3.63) is 41.7 Å². The topological polar surface area (TPSA) is 63.9 Å². The average Bonchev–Trinajstić information content (AvgIpc) is 2.98. The molecule has 6 heteroatoms. The first-order valence-electron chi connectivity index (χ1n) is 8.36. The lowest BCUT2D eigenvalue weighted by atomic mass is 9.91.